The molecule has 0 spiro atoms. The van der Waals surface area contributed by atoms with Crippen LogP contribution in [0.1, 0.15) is 18.4 Å². The van der Waals surface area contributed by atoms with Crippen LogP contribution >= 0.6 is 15.9 Å². The molecule has 2 rings (SSSR count). The normalized spacial score (nSPS) is 14.5. The van der Waals surface area contributed by atoms with E-state index in [1.807, 2.05) is 24.9 Å². The van der Waals surface area contributed by atoms with Gasteiger partial charge in [-0.2, -0.15) is 0 Å². The minimum Gasteiger partial charge on any atom is -0.352 e. The van der Waals surface area contributed by atoms with Gasteiger partial charge >= 0.3 is 0 Å². The second kappa shape index (κ2) is 5.04. The number of halogens is 1. The van der Waals surface area contributed by atoms with Crippen molar-refractivity contribution in [3.63, 3.8) is 0 Å². The summed E-state index contributed by atoms with van der Waals surface area (Å²) in [6.07, 6.45) is 3.98. The van der Waals surface area contributed by atoms with Crippen molar-refractivity contribution in [2.24, 2.45) is 0 Å². The topological polar surface area (TPSA) is 45.2 Å². The molecule has 0 unspecified atom stereocenters. The third kappa shape index (κ3) is 3.43. The number of pyridine rings is 1. The fourth-order valence-corrected chi connectivity index (χ4v) is 2.17. The quantitative estimate of drug-likeness (QED) is 0.923. The van der Waals surface area contributed by atoms with Gasteiger partial charge in [-0.15, -0.1) is 0 Å². The molecule has 4 nitrogen and oxygen atoms in total. The van der Waals surface area contributed by atoms with E-state index in [1.54, 1.807) is 6.20 Å². The Morgan fingerprint density at radius 2 is 2.35 bits per heavy atom. The van der Waals surface area contributed by atoms with Crippen LogP contribution in [0.25, 0.3) is 0 Å². The summed E-state index contributed by atoms with van der Waals surface area (Å²) in [6.45, 7) is 2.34. The number of nitrogens with one attached hydrogen (secondary N) is 1. The van der Waals surface area contributed by atoms with Crippen LogP contribution in [0.5, 0.6) is 0 Å². The maximum atomic E-state index is 11.7. The third-order valence-corrected chi connectivity index (χ3v) is 3.14. The molecule has 1 aromatic rings. The van der Waals surface area contributed by atoms with E-state index in [2.05, 4.69) is 26.2 Å². The largest absolute Gasteiger partial charge is 0.352 e. The van der Waals surface area contributed by atoms with Gasteiger partial charge in [0.15, 0.2) is 0 Å². The van der Waals surface area contributed by atoms with Gasteiger partial charge in [-0.05, 0) is 47.3 Å². The minimum absolute atomic E-state index is 0.0686. The predicted molar refractivity (Wildman–Crippen MR) is 71.1 cm³/mol. The van der Waals surface area contributed by atoms with Crippen molar-refractivity contribution in [1.29, 1.82) is 0 Å². The number of carbonyl (C=O) groups excluding carboxylic acids is 1. The van der Waals surface area contributed by atoms with Gasteiger partial charge < -0.3 is 10.2 Å². The third-order valence-electron chi connectivity index (χ3n) is 2.70. The first kappa shape index (κ1) is 12.4. The lowest BCUT2D eigenvalue weighted by Gasteiger charge is -2.19. The van der Waals surface area contributed by atoms with Gasteiger partial charge in [0.05, 0.1) is 6.54 Å². The highest BCUT2D eigenvalue weighted by Gasteiger charge is 2.23. The zero-order valence-corrected chi connectivity index (χ0v) is 11.6. The van der Waals surface area contributed by atoms with Crippen LogP contribution in [0.3, 0.4) is 0 Å². The first-order valence-corrected chi connectivity index (χ1v) is 6.48. The fraction of sp³-hybridized carbons (Fsp3) is 0.500. The summed E-state index contributed by atoms with van der Waals surface area (Å²) in [5, 5.41) is 2.97. The SMILES string of the molecule is Cc1cc(Br)cnc1N(C)CC(=O)NC1CC1. The van der Waals surface area contributed by atoms with E-state index in [9.17, 15) is 4.79 Å². The molecule has 1 aliphatic carbocycles. The summed E-state index contributed by atoms with van der Waals surface area (Å²) in [4.78, 5) is 17.9. The highest BCUT2D eigenvalue weighted by atomic mass is 79.9. The van der Waals surface area contributed by atoms with Crippen molar-refractivity contribution in [1.82, 2.24) is 10.3 Å². The Morgan fingerprint density at radius 3 is 2.94 bits per heavy atom. The second-order valence-electron chi connectivity index (χ2n) is 4.49. The molecule has 1 N–H and O–H groups in total. The molecule has 0 radical (unpaired) electrons. The standard InChI is InChI=1S/C12H16BrN3O/c1-8-5-9(13)6-14-12(8)16(2)7-11(17)15-10-3-4-10/h5-6,10H,3-4,7H2,1-2H3,(H,15,17). The van der Waals surface area contributed by atoms with Gasteiger partial charge in [0.2, 0.25) is 5.91 Å². The summed E-state index contributed by atoms with van der Waals surface area (Å²) in [5.41, 5.74) is 1.06. The lowest BCUT2D eigenvalue weighted by molar-refractivity contribution is -0.119. The zero-order valence-electron chi connectivity index (χ0n) is 10.0. The molecule has 1 saturated carbocycles. The number of nitrogens with zero attached hydrogens (tertiary/aromatic N) is 2. The Labute approximate surface area is 110 Å². The molecule has 17 heavy (non-hydrogen) atoms. The molecule has 1 heterocycles. The number of aromatic nitrogens is 1. The summed E-state index contributed by atoms with van der Waals surface area (Å²) in [5.74, 6) is 0.915. The van der Waals surface area contributed by atoms with Gasteiger partial charge in [-0.3, -0.25) is 4.79 Å². The van der Waals surface area contributed by atoms with E-state index in [4.69, 9.17) is 0 Å². The molecule has 1 fully saturated rings. The molecule has 0 atom stereocenters. The van der Waals surface area contributed by atoms with E-state index in [0.717, 1.165) is 28.7 Å². The number of hydrogen-bond acceptors (Lipinski definition) is 3. The van der Waals surface area contributed by atoms with Crippen molar-refractivity contribution in [2.75, 3.05) is 18.5 Å². The Hall–Kier alpha value is -1.10. The molecule has 0 saturated heterocycles. The number of rotatable bonds is 4. The summed E-state index contributed by atoms with van der Waals surface area (Å²) < 4.78 is 0.953. The summed E-state index contributed by atoms with van der Waals surface area (Å²) >= 11 is 3.38. The molecule has 0 aliphatic heterocycles. The Balaban J connectivity index is 1.97. The predicted octanol–water partition coefficient (Wildman–Crippen LogP) is 1.87. The molecule has 1 aromatic heterocycles. The fourth-order valence-electron chi connectivity index (χ4n) is 1.72. The second-order valence-corrected chi connectivity index (χ2v) is 5.41. The summed E-state index contributed by atoms with van der Waals surface area (Å²) in [6, 6.07) is 2.41. The minimum atomic E-state index is 0.0686. The Kier molecular flexibility index (Phi) is 3.66. The Bertz CT molecular complexity index is 432. The average Bonchev–Trinajstić information content (AvgIpc) is 3.00. The van der Waals surface area contributed by atoms with Gasteiger partial charge in [0.1, 0.15) is 5.82 Å². The number of carbonyl (C=O) groups is 1. The number of likely N-dealkylation sites (N-methyl/N-ethyl adjacent to an activating group) is 1. The van der Waals surface area contributed by atoms with E-state index in [-0.39, 0.29) is 5.91 Å². The smallest absolute Gasteiger partial charge is 0.239 e. The molecule has 1 amide bonds. The van der Waals surface area contributed by atoms with Crippen LogP contribution in [0.2, 0.25) is 0 Å². The molecule has 0 bridgehead atoms. The highest BCUT2D eigenvalue weighted by molar-refractivity contribution is 9.10. The van der Waals surface area contributed by atoms with Crippen LogP contribution in [0.15, 0.2) is 16.7 Å². The van der Waals surface area contributed by atoms with Gasteiger partial charge in [-0.25, -0.2) is 4.98 Å². The van der Waals surface area contributed by atoms with E-state index in [0.29, 0.717) is 12.6 Å². The zero-order chi connectivity index (χ0) is 12.4. The lowest BCUT2D eigenvalue weighted by Crippen LogP contribution is -2.36. The van der Waals surface area contributed by atoms with Crippen molar-refractivity contribution >= 4 is 27.7 Å². The van der Waals surface area contributed by atoms with Crippen molar-refractivity contribution in [3.8, 4) is 0 Å². The lowest BCUT2D eigenvalue weighted by atomic mass is 10.3. The van der Waals surface area contributed by atoms with Crippen molar-refractivity contribution in [2.45, 2.75) is 25.8 Å². The number of hydrogen-bond donors (Lipinski definition) is 1. The molecule has 1 aliphatic rings. The molecule has 5 heteroatoms. The first-order chi connectivity index (χ1) is 8.06. The van der Waals surface area contributed by atoms with E-state index < -0.39 is 0 Å². The maximum Gasteiger partial charge on any atom is 0.239 e. The van der Waals surface area contributed by atoms with Crippen LogP contribution in [0, 0.1) is 6.92 Å². The van der Waals surface area contributed by atoms with Crippen molar-refractivity contribution < 1.29 is 4.79 Å². The first-order valence-electron chi connectivity index (χ1n) is 5.69. The maximum absolute atomic E-state index is 11.7. The average molecular weight is 298 g/mol. The number of aryl methyl sites for hydroxylation is 1. The Morgan fingerprint density at radius 1 is 1.65 bits per heavy atom. The van der Waals surface area contributed by atoms with Gasteiger partial charge in [0.25, 0.3) is 0 Å². The van der Waals surface area contributed by atoms with Crippen LogP contribution in [-0.4, -0.2) is 30.5 Å². The van der Waals surface area contributed by atoms with Crippen LogP contribution in [-0.2, 0) is 4.79 Å². The van der Waals surface area contributed by atoms with Crippen molar-refractivity contribution in [3.05, 3.63) is 22.3 Å². The van der Waals surface area contributed by atoms with Crippen LogP contribution < -0.4 is 10.2 Å². The highest BCUT2D eigenvalue weighted by Crippen LogP contribution is 2.20. The van der Waals surface area contributed by atoms with Gasteiger partial charge in [0, 0.05) is 23.8 Å². The van der Waals surface area contributed by atoms with Crippen LogP contribution in [0.4, 0.5) is 5.82 Å². The molecular formula is C12H16BrN3O. The molecular weight excluding hydrogens is 282 g/mol. The van der Waals surface area contributed by atoms with Gasteiger partial charge in [-0.1, -0.05) is 0 Å². The monoisotopic (exact) mass is 297 g/mol. The molecule has 0 aromatic carbocycles. The number of anilines is 1. The van der Waals surface area contributed by atoms with E-state index >= 15 is 0 Å². The summed E-state index contributed by atoms with van der Waals surface area (Å²) in [7, 11) is 1.88. The number of amides is 1. The molecule has 92 valence electrons. The van der Waals surface area contributed by atoms with E-state index in [1.165, 1.54) is 0 Å².